The lowest BCUT2D eigenvalue weighted by Gasteiger charge is -2.03. The van der Waals surface area contributed by atoms with E-state index >= 15 is 0 Å². The number of benzene rings is 2. The van der Waals surface area contributed by atoms with Crippen LogP contribution in [0.25, 0.3) is 11.0 Å². The van der Waals surface area contributed by atoms with Crippen molar-refractivity contribution in [2.45, 2.75) is 0 Å². The van der Waals surface area contributed by atoms with Crippen LogP contribution in [0.2, 0.25) is 0 Å². The van der Waals surface area contributed by atoms with Crippen LogP contribution in [-0.4, -0.2) is 15.8 Å². The Kier molecular flexibility index (Phi) is 3.91. The van der Waals surface area contributed by atoms with E-state index in [9.17, 15) is 0 Å². The average Bonchev–Trinajstić information content (AvgIpc) is 2.81. The second-order valence-electron chi connectivity index (χ2n) is 4.22. The summed E-state index contributed by atoms with van der Waals surface area (Å²) in [5.74, 6) is 0.757. The van der Waals surface area contributed by atoms with Crippen LogP contribution in [0.3, 0.4) is 0 Å². The average molecular weight is 288 g/mol. The van der Waals surface area contributed by atoms with E-state index in [-0.39, 0.29) is 18.2 Å². The van der Waals surface area contributed by atoms with Gasteiger partial charge in [0.2, 0.25) is 5.95 Å². The van der Waals surface area contributed by atoms with Gasteiger partial charge in [-0.2, -0.15) is 0 Å². The zero-order valence-electron chi connectivity index (χ0n) is 10.6. The number of H-pyrrole nitrogens is 1. The largest absolute Gasteiger partial charge is 0.384 e. The summed E-state index contributed by atoms with van der Waals surface area (Å²) < 4.78 is 0. The van der Waals surface area contributed by atoms with Crippen LogP contribution in [0.5, 0.6) is 0 Å². The van der Waals surface area contributed by atoms with Gasteiger partial charge in [-0.15, -0.1) is 12.4 Å². The summed E-state index contributed by atoms with van der Waals surface area (Å²) in [6.07, 6.45) is 0. The lowest BCUT2D eigenvalue weighted by molar-refractivity contribution is 1.31. The van der Waals surface area contributed by atoms with E-state index in [4.69, 9.17) is 11.1 Å². The Morgan fingerprint density at radius 1 is 1.10 bits per heavy atom. The lowest BCUT2D eigenvalue weighted by Crippen LogP contribution is -2.10. The molecule has 0 saturated heterocycles. The molecular weight excluding hydrogens is 274 g/mol. The van der Waals surface area contributed by atoms with Crippen LogP contribution < -0.4 is 11.1 Å². The number of halogens is 1. The Morgan fingerprint density at radius 2 is 1.80 bits per heavy atom. The summed E-state index contributed by atoms with van der Waals surface area (Å²) in [6.45, 7) is 0. The van der Waals surface area contributed by atoms with Crippen molar-refractivity contribution in [3.8, 4) is 0 Å². The van der Waals surface area contributed by atoms with E-state index in [1.807, 2.05) is 36.4 Å². The third-order valence-corrected chi connectivity index (χ3v) is 2.85. The summed E-state index contributed by atoms with van der Waals surface area (Å²) in [5.41, 5.74) is 8.92. The lowest BCUT2D eigenvalue weighted by atomic mass is 10.2. The molecule has 0 saturated carbocycles. The molecule has 2 aromatic carbocycles. The summed E-state index contributed by atoms with van der Waals surface area (Å²) in [7, 11) is 0. The Balaban J connectivity index is 0.00000147. The van der Waals surface area contributed by atoms with Gasteiger partial charge in [0.25, 0.3) is 0 Å². The highest BCUT2D eigenvalue weighted by Gasteiger charge is 2.02. The van der Waals surface area contributed by atoms with Crippen LogP contribution in [0.15, 0.2) is 48.5 Å². The van der Waals surface area contributed by atoms with Crippen molar-refractivity contribution in [3.05, 3.63) is 54.1 Å². The third-order valence-electron chi connectivity index (χ3n) is 2.85. The highest BCUT2D eigenvalue weighted by atomic mass is 35.5. The van der Waals surface area contributed by atoms with Crippen LogP contribution in [0, 0.1) is 5.41 Å². The molecule has 5 N–H and O–H groups in total. The number of amidine groups is 1. The maximum absolute atomic E-state index is 7.34. The van der Waals surface area contributed by atoms with Crippen molar-refractivity contribution >= 4 is 40.9 Å². The van der Waals surface area contributed by atoms with E-state index in [0.29, 0.717) is 11.5 Å². The first-order valence-electron chi connectivity index (χ1n) is 5.88. The van der Waals surface area contributed by atoms with E-state index in [1.54, 1.807) is 12.1 Å². The Hall–Kier alpha value is -2.53. The molecule has 3 aromatic rings. The number of anilines is 2. The Morgan fingerprint density at radius 3 is 2.45 bits per heavy atom. The van der Waals surface area contributed by atoms with Crippen molar-refractivity contribution < 1.29 is 0 Å². The number of imidazole rings is 1. The molecule has 0 atom stereocenters. The van der Waals surface area contributed by atoms with E-state index in [0.717, 1.165) is 16.7 Å². The van der Waals surface area contributed by atoms with Crippen LogP contribution in [-0.2, 0) is 0 Å². The highest BCUT2D eigenvalue weighted by molar-refractivity contribution is 5.95. The normalized spacial score (nSPS) is 10.0. The summed E-state index contributed by atoms with van der Waals surface area (Å²) in [6, 6.07) is 15.2. The molecule has 102 valence electrons. The summed E-state index contributed by atoms with van der Waals surface area (Å²) in [5, 5.41) is 10.5. The maximum atomic E-state index is 7.34. The molecule has 0 aliphatic rings. The Labute approximate surface area is 122 Å². The number of nitrogens with one attached hydrogen (secondary N) is 3. The predicted molar refractivity (Wildman–Crippen MR) is 84.1 cm³/mol. The standard InChI is InChI=1S/C14H13N5.ClH/c15-13(16)9-5-7-10(8-6-9)17-14-18-11-3-1-2-4-12(11)19-14;/h1-8H,(H3,15,16)(H2,17,18,19);1H. The van der Waals surface area contributed by atoms with Crippen molar-refractivity contribution in [2.24, 2.45) is 5.73 Å². The number of aromatic amines is 1. The summed E-state index contributed by atoms with van der Waals surface area (Å²) in [4.78, 5) is 7.62. The first-order chi connectivity index (χ1) is 9.22. The Bertz CT molecular complexity index is 700. The van der Waals surface area contributed by atoms with Gasteiger partial charge in [0.1, 0.15) is 5.84 Å². The van der Waals surface area contributed by atoms with Gasteiger partial charge >= 0.3 is 0 Å². The second-order valence-corrected chi connectivity index (χ2v) is 4.22. The monoisotopic (exact) mass is 287 g/mol. The van der Waals surface area contributed by atoms with Crippen LogP contribution in [0.1, 0.15) is 5.56 Å². The number of nitrogens with zero attached hydrogens (tertiary/aromatic N) is 1. The molecule has 0 bridgehead atoms. The van der Waals surface area contributed by atoms with Gasteiger partial charge in [-0.3, -0.25) is 5.41 Å². The highest BCUT2D eigenvalue weighted by Crippen LogP contribution is 2.18. The number of fused-ring (bicyclic) bond motifs is 1. The molecule has 0 aliphatic heterocycles. The van der Waals surface area contributed by atoms with Crippen molar-refractivity contribution in [3.63, 3.8) is 0 Å². The molecule has 6 heteroatoms. The smallest absolute Gasteiger partial charge is 0.205 e. The quantitative estimate of drug-likeness (QED) is 0.441. The molecule has 0 unspecified atom stereocenters. The van der Waals surface area contributed by atoms with Crippen molar-refractivity contribution in [2.75, 3.05) is 5.32 Å². The molecule has 0 fully saturated rings. The fourth-order valence-corrected chi connectivity index (χ4v) is 1.88. The molecule has 0 aliphatic carbocycles. The first kappa shape index (κ1) is 13.9. The van der Waals surface area contributed by atoms with Crippen LogP contribution >= 0.6 is 12.4 Å². The minimum Gasteiger partial charge on any atom is -0.384 e. The van der Waals surface area contributed by atoms with Gasteiger partial charge in [0.05, 0.1) is 11.0 Å². The van der Waals surface area contributed by atoms with Gasteiger partial charge < -0.3 is 16.0 Å². The topological polar surface area (TPSA) is 90.6 Å². The number of para-hydroxylation sites is 2. The number of nitrogen functional groups attached to an aromatic ring is 1. The van der Waals surface area contributed by atoms with Gasteiger partial charge in [-0.25, -0.2) is 4.98 Å². The van der Waals surface area contributed by atoms with Gasteiger partial charge in [-0.05, 0) is 36.4 Å². The van der Waals surface area contributed by atoms with E-state index in [2.05, 4.69) is 15.3 Å². The molecule has 5 nitrogen and oxygen atoms in total. The molecule has 0 amide bonds. The number of aromatic nitrogens is 2. The molecule has 1 heterocycles. The predicted octanol–water partition coefficient (Wildman–Crippen LogP) is 3.01. The minimum absolute atomic E-state index is 0. The first-order valence-corrected chi connectivity index (χ1v) is 5.88. The fourth-order valence-electron chi connectivity index (χ4n) is 1.88. The third kappa shape index (κ3) is 2.73. The SMILES string of the molecule is Cl.N=C(N)c1ccc(Nc2nc3ccccc3[nH]2)cc1. The zero-order valence-corrected chi connectivity index (χ0v) is 11.4. The molecule has 20 heavy (non-hydrogen) atoms. The molecule has 1 aromatic heterocycles. The van der Waals surface area contributed by atoms with E-state index < -0.39 is 0 Å². The minimum atomic E-state index is 0. The number of rotatable bonds is 3. The van der Waals surface area contributed by atoms with E-state index in [1.165, 1.54) is 0 Å². The fraction of sp³-hybridized carbons (Fsp3) is 0. The number of hydrogen-bond acceptors (Lipinski definition) is 3. The second kappa shape index (κ2) is 5.63. The summed E-state index contributed by atoms with van der Waals surface area (Å²) >= 11 is 0. The van der Waals surface area contributed by atoms with Crippen molar-refractivity contribution in [1.82, 2.24) is 9.97 Å². The van der Waals surface area contributed by atoms with Gasteiger partial charge in [0.15, 0.2) is 0 Å². The van der Waals surface area contributed by atoms with Gasteiger partial charge in [0, 0.05) is 11.3 Å². The molecule has 0 radical (unpaired) electrons. The number of hydrogen-bond donors (Lipinski definition) is 4. The maximum Gasteiger partial charge on any atom is 0.205 e. The zero-order chi connectivity index (χ0) is 13.2. The van der Waals surface area contributed by atoms with Crippen molar-refractivity contribution in [1.29, 1.82) is 5.41 Å². The molecular formula is C14H14ClN5. The molecule has 3 rings (SSSR count). The molecule has 0 spiro atoms. The number of nitrogens with two attached hydrogens (primary N) is 1. The van der Waals surface area contributed by atoms with Gasteiger partial charge in [-0.1, -0.05) is 12.1 Å². The van der Waals surface area contributed by atoms with Crippen LogP contribution in [0.4, 0.5) is 11.6 Å².